The number of thioether (sulfide) groups is 1. The van der Waals surface area contributed by atoms with Crippen LogP contribution in [0.2, 0.25) is 0 Å². The third-order valence-electron chi connectivity index (χ3n) is 3.02. The second-order valence-electron chi connectivity index (χ2n) is 4.64. The standard InChI is InChI=1S/C15H16Cl2N2O3S2/c1-2-19(15(16,17)22-24(20)21)13-9-6-10-14(18-13)23-11-12-7-4-3-5-8-12/h3-10H,2,11H2,1H3,(H,20,21). The first-order valence-electron chi connectivity index (χ1n) is 7.02. The Bertz CT molecular complexity index is 689. The van der Waals surface area contributed by atoms with Crippen molar-refractivity contribution in [2.24, 2.45) is 0 Å². The maximum atomic E-state index is 10.9. The molecule has 0 fully saturated rings. The summed E-state index contributed by atoms with van der Waals surface area (Å²) in [6.45, 7) is 2.12. The molecule has 0 bridgehead atoms. The molecule has 0 aliphatic carbocycles. The molecule has 1 aromatic heterocycles. The van der Waals surface area contributed by atoms with Crippen molar-refractivity contribution in [3.8, 4) is 0 Å². The summed E-state index contributed by atoms with van der Waals surface area (Å²) in [6, 6.07) is 15.4. The SMILES string of the molecule is CCN(c1cccc(SCc2ccccc2)n1)C(Cl)(Cl)OS(=O)O. The van der Waals surface area contributed by atoms with Gasteiger partial charge in [-0.1, -0.05) is 36.4 Å². The molecular weight excluding hydrogens is 391 g/mol. The number of anilines is 1. The van der Waals surface area contributed by atoms with E-state index in [0.717, 1.165) is 10.8 Å². The highest BCUT2D eigenvalue weighted by Crippen LogP contribution is 2.33. The van der Waals surface area contributed by atoms with Gasteiger partial charge in [0.2, 0.25) is 0 Å². The topological polar surface area (TPSA) is 62.7 Å². The molecule has 1 N–H and O–H groups in total. The Kier molecular flexibility index (Phi) is 7.34. The first-order valence-corrected chi connectivity index (χ1v) is 9.79. The molecule has 9 heteroatoms. The average Bonchev–Trinajstić information content (AvgIpc) is 2.53. The molecule has 0 radical (unpaired) electrons. The predicted molar refractivity (Wildman–Crippen MR) is 99.6 cm³/mol. The van der Waals surface area contributed by atoms with Gasteiger partial charge in [0.15, 0.2) is 0 Å². The summed E-state index contributed by atoms with van der Waals surface area (Å²) in [5.74, 6) is 1.22. The molecule has 1 heterocycles. The first-order chi connectivity index (χ1) is 11.4. The van der Waals surface area contributed by atoms with Crippen LogP contribution in [0.25, 0.3) is 0 Å². The van der Waals surface area contributed by atoms with Crippen molar-refractivity contribution in [3.05, 3.63) is 54.1 Å². The van der Waals surface area contributed by atoms with Crippen LogP contribution in [0.1, 0.15) is 12.5 Å². The highest BCUT2D eigenvalue weighted by atomic mass is 35.5. The molecule has 0 saturated carbocycles. The molecule has 1 atom stereocenters. The van der Waals surface area contributed by atoms with E-state index in [1.165, 1.54) is 10.5 Å². The van der Waals surface area contributed by atoms with Crippen molar-refractivity contribution >= 4 is 52.1 Å². The van der Waals surface area contributed by atoms with Crippen LogP contribution in [-0.4, -0.2) is 24.9 Å². The summed E-state index contributed by atoms with van der Waals surface area (Å²) in [6.07, 6.45) is 0. The van der Waals surface area contributed by atoms with Crippen LogP contribution < -0.4 is 4.90 Å². The maximum absolute atomic E-state index is 10.9. The normalized spacial score (nSPS) is 12.8. The molecule has 130 valence electrons. The molecule has 1 unspecified atom stereocenters. The van der Waals surface area contributed by atoms with Crippen molar-refractivity contribution in [2.45, 2.75) is 22.3 Å². The lowest BCUT2D eigenvalue weighted by Gasteiger charge is -2.32. The van der Waals surface area contributed by atoms with E-state index in [2.05, 4.69) is 9.17 Å². The smallest absolute Gasteiger partial charge is 0.302 e. The summed E-state index contributed by atoms with van der Waals surface area (Å²) < 4.78 is 22.4. The van der Waals surface area contributed by atoms with E-state index < -0.39 is 16.0 Å². The Morgan fingerprint density at radius 1 is 1.25 bits per heavy atom. The number of aromatic nitrogens is 1. The zero-order valence-electron chi connectivity index (χ0n) is 12.8. The van der Waals surface area contributed by atoms with Crippen molar-refractivity contribution in [2.75, 3.05) is 11.4 Å². The number of halogens is 2. The number of hydrogen-bond acceptors (Lipinski definition) is 5. The fraction of sp³-hybridized carbons (Fsp3) is 0.267. The van der Waals surface area contributed by atoms with Crippen LogP contribution in [0.3, 0.4) is 0 Å². The maximum Gasteiger partial charge on any atom is 0.316 e. The van der Waals surface area contributed by atoms with Gasteiger partial charge in [-0.15, -0.1) is 11.8 Å². The quantitative estimate of drug-likeness (QED) is 0.230. The Balaban J connectivity index is 2.14. The zero-order valence-corrected chi connectivity index (χ0v) is 15.9. The lowest BCUT2D eigenvalue weighted by molar-refractivity contribution is 0.234. The number of rotatable bonds is 8. The van der Waals surface area contributed by atoms with Gasteiger partial charge in [0.05, 0.1) is 5.03 Å². The molecule has 1 aromatic carbocycles. The van der Waals surface area contributed by atoms with E-state index in [0.29, 0.717) is 12.4 Å². The van der Waals surface area contributed by atoms with Gasteiger partial charge in [-0.05, 0) is 47.8 Å². The largest absolute Gasteiger partial charge is 0.316 e. The minimum atomic E-state index is -2.60. The lowest BCUT2D eigenvalue weighted by Crippen LogP contribution is -2.43. The Morgan fingerprint density at radius 2 is 1.96 bits per heavy atom. The third kappa shape index (κ3) is 5.61. The second kappa shape index (κ2) is 9.03. The number of hydrogen-bond donors (Lipinski definition) is 1. The molecule has 2 rings (SSSR count). The van der Waals surface area contributed by atoms with Gasteiger partial charge in [0, 0.05) is 12.3 Å². The lowest BCUT2D eigenvalue weighted by atomic mass is 10.2. The minimum absolute atomic E-state index is 0.337. The molecule has 0 aliphatic heterocycles. The highest BCUT2D eigenvalue weighted by molar-refractivity contribution is 7.98. The molecule has 0 spiro atoms. The van der Waals surface area contributed by atoms with Gasteiger partial charge in [0.25, 0.3) is 0 Å². The predicted octanol–water partition coefficient (Wildman–Crippen LogP) is 4.44. The number of alkyl halides is 2. The number of pyridine rings is 1. The van der Waals surface area contributed by atoms with Crippen LogP contribution in [0.15, 0.2) is 53.6 Å². The van der Waals surface area contributed by atoms with Gasteiger partial charge in [-0.25, -0.2) is 9.17 Å². The van der Waals surface area contributed by atoms with E-state index in [9.17, 15) is 4.21 Å². The van der Waals surface area contributed by atoms with Gasteiger partial charge in [-0.3, -0.25) is 4.55 Å². The summed E-state index contributed by atoms with van der Waals surface area (Å²) >= 11 is 11.0. The van der Waals surface area contributed by atoms with Gasteiger partial charge in [-0.2, -0.15) is 4.21 Å². The zero-order chi connectivity index (χ0) is 17.6. The summed E-state index contributed by atoms with van der Waals surface area (Å²) in [5.41, 5.74) is 1.19. The summed E-state index contributed by atoms with van der Waals surface area (Å²) in [7, 11) is 0. The molecular formula is C15H16Cl2N2O3S2. The fourth-order valence-corrected chi connectivity index (χ4v) is 3.81. The molecule has 0 aliphatic rings. The molecule has 2 aromatic rings. The van der Waals surface area contributed by atoms with Gasteiger partial charge < -0.3 is 4.90 Å². The highest BCUT2D eigenvalue weighted by Gasteiger charge is 2.36. The molecule has 0 saturated heterocycles. The van der Waals surface area contributed by atoms with Gasteiger partial charge >= 0.3 is 16.0 Å². The van der Waals surface area contributed by atoms with Crippen LogP contribution in [0, 0.1) is 0 Å². The second-order valence-corrected chi connectivity index (χ2v) is 7.45. The van der Waals surface area contributed by atoms with E-state index in [1.807, 2.05) is 42.5 Å². The number of benzene rings is 1. The van der Waals surface area contributed by atoms with Crippen LogP contribution >= 0.6 is 35.0 Å². The number of nitrogens with zero attached hydrogens (tertiary/aromatic N) is 2. The Labute approximate surface area is 157 Å². The van der Waals surface area contributed by atoms with Gasteiger partial charge in [0.1, 0.15) is 5.82 Å². The monoisotopic (exact) mass is 406 g/mol. The van der Waals surface area contributed by atoms with Crippen molar-refractivity contribution in [1.29, 1.82) is 0 Å². The molecule has 0 amide bonds. The van der Waals surface area contributed by atoms with E-state index in [-0.39, 0.29) is 0 Å². The van der Waals surface area contributed by atoms with Crippen LogP contribution in [0.5, 0.6) is 0 Å². The first kappa shape index (κ1) is 19.5. The van der Waals surface area contributed by atoms with Crippen molar-refractivity contribution < 1.29 is 12.9 Å². The van der Waals surface area contributed by atoms with E-state index in [4.69, 9.17) is 27.8 Å². The third-order valence-corrected chi connectivity index (χ3v) is 5.15. The van der Waals surface area contributed by atoms with E-state index >= 15 is 0 Å². The van der Waals surface area contributed by atoms with Crippen LogP contribution in [-0.2, 0) is 21.3 Å². The van der Waals surface area contributed by atoms with Crippen LogP contribution in [0.4, 0.5) is 5.82 Å². The van der Waals surface area contributed by atoms with Crippen molar-refractivity contribution in [3.63, 3.8) is 0 Å². The Morgan fingerprint density at radius 3 is 2.58 bits per heavy atom. The molecule has 24 heavy (non-hydrogen) atoms. The summed E-state index contributed by atoms with van der Waals surface area (Å²) in [4.78, 5) is 5.88. The van der Waals surface area contributed by atoms with Crippen molar-refractivity contribution in [1.82, 2.24) is 4.98 Å². The molecule has 5 nitrogen and oxygen atoms in total. The summed E-state index contributed by atoms with van der Waals surface area (Å²) in [5, 5.41) is 0.782. The fourth-order valence-electron chi connectivity index (χ4n) is 1.98. The van der Waals surface area contributed by atoms with E-state index in [1.54, 1.807) is 24.8 Å². The minimum Gasteiger partial charge on any atom is -0.302 e. The Hall–Kier alpha value is -0.830. The average molecular weight is 407 g/mol.